The van der Waals surface area contributed by atoms with Gasteiger partial charge in [-0.25, -0.2) is 0 Å². The standard InChI is InChI=1S/C18H14N2O2/c21-17-15-9-10-22-18(15)20(19-17)16-13-7-3-1-5-11(13)12-6-2-4-8-14(12)16/h1-8,15,18H,9-10H2/t15-,18?/m1/s1. The van der Waals surface area contributed by atoms with E-state index in [-0.39, 0.29) is 18.0 Å². The third-order valence-electron chi connectivity index (χ3n) is 4.71. The number of hydrogen-bond donors (Lipinski definition) is 0. The lowest BCUT2D eigenvalue weighted by atomic mass is 10.1. The van der Waals surface area contributed by atoms with Crippen molar-refractivity contribution in [1.29, 1.82) is 0 Å². The fourth-order valence-electron chi connectivity index (χ4n) is 3.72. The van der Waals surface area contributed by atoms with Gasteiger partial charge in [-0.15, -0.1) is 0 Å². The first kappa shape index (κ1) is 12.1. The summed E-state index contributed by atoms with van der Waals surface area (Å²) in [4.78, 5) is 0. The van der Waals surface area contributed by atoms with Crippen LogP contribution in [0.5, 0.6) is 0 Å². The van der Waals surface area contributed by atoms with Gasteiger partial charge in [-0.1, -0.05) is 41.1 Å². The number of hydrazone groups is 1. The largest absolute Gasteiger partial charge is 0.857 e. The molecule has 0 saturated carbocycles. The molecule has 5 rings (SSSR count). The zero-order valence-corrected chi connectivity index (χ0v) is 11.9. The van der Waals surface area contributed by atoms with Crippen LogP contribution in [0.15, 0.2) is 53.6 Å². The monoisotopic (exact) mass is 290 g/mol. The van der Waals surface area contributed by atoms with Gasteiger partial charge < -0.3 is 9.84 Å². The molecule has 3 aliphatic rings. The van der Waals surface area contributed by atoms with E-state index in [0.29, 0.717) is 6.61 Å². The Kier molecular flexibility index (Phi) is 2.35. The summed E-state index contributed by atoms with van der Waals surface area (Å²) in [6.45, 7) is 0.629. The van der Waals surface area contributed by atoms with Crippen molar-refractivity contribution in [3.8, 4) is 11.1 Å². The molecular weight excluding hydrogens is 276 g/mol. The Hall–Kier alpha value is -2.46. The van der Waals surface area contributed by atoms with Gasteiger partial charge in [0.2, 0.25) is 5.71 Å². The Balaban J connectivity index is 1.84. The number of fused-ring (bicyclic) bond motifs is 4. The third-order valence-corrected chi connectivity index (χ3v) is 4.71. The lowest BCUT2D eigenvalue weighted by Gasteiger charge is -2.07. The van der Waals surface area contributed by atoms with Crippen LogP contribution in [0.3, 0.4) is 0 Å². The van der Waals surface area contributed by atoms with Crippen molar-refractivity contribution in [1.82, 2.24) is 0 Å². The summed E-state index contributed by atoms with van der Waals surface area (Å²) in [5, 5.41) is 16.4. The molecule has 2 aliphatic heterocycles. The van der Waals surface area contributed by atoms with Crippen LogP contribution in [0.2, 0.25) is 0 Å². The minimum atomic E-state index is -0.248. The molecule has 2 aromatic carbocycles. The van der Waals surface area contributed by atoms with Crippen LogP contribution < -0.4 is 5.11 Å². The van der Waals surface area contributed by atoms with E-state index in [1.165, 1.54) is 11.1 Å². The molecule has 1 unspecified atom stereocenters. The molecule has 2 atom stereocenters. The Morgan fingerprint density at radius 1 is 0.955 bits per heavy atom. The van der Waals surface area contributed by atoms with Crippen molar-refractivity contribution in [2.24, 2.45) is 11.0 Å². The van der Waals surface area contributed by atoms with Gasteiger partial charge in [-0.2, -0.15) is 0 Å². The van der Waals surface area contributed by atoms with E-state index >= 15 is 0 Å². The predicted molar refractivity (Wildman–Crippen MR) is 80.6 cm³/mol. The van der Waals surface area contributed by atoms with Gasteiger partial charge >= 0.3 is 0 Å². The molecule has 2 aromatic rings. The fourth-order valence-corrected chi connectivity index (χ4v) is 3.72. The molecule has 108 valence electrons. The molecule has 4 heteroatoms. The second-order valence-electron chi connectivity index (χ2n) is 5.88. The van der Waals surface area contributed by atoms with Crippen LogP contribution in [-0.4, -0.2) is 29.1 Å². The number of nitrogens with zero attached hydrogens (tertiary/aromatic N) is 2. The number of hydrogen-bond acceptors (Lipinski definition) is 3. The number of benzene rings is 2. The molecule has 2 heterocycles. The van der Waals surface area contributed by atoms with E-state index in [1.54, 1.807) is 0 Å². The van der Waals surface area contributed by atoms with Crippen LogP contribution in [0.25, 0.3) is 11.1 Å². The summed E-state index contributed by atoms with van der Waals surface area (Å²) >= 11 is 0. The summed E-state index contributed by atoms with van der Waals surface area (Å²) in [5.74, 6) is -0.177. The lowest BCUT2D eigenvalue weighted by molar-refractivity contribution is -0.606. The molecule has 0 N–H and O–H groups in total. The smallest absolute Gasteiger partial charge is 0.296 e. The van der Waals surface area contributed by atoms with Crippen molar-refractivity contribution in [2.75, 3.05) is 6.61 Å². The molecule has 0 radical (unpaired) electrons. The van der Waals surface area contributed by atoms with Crippen LogP contribution in [-0.2, 0) is 4.74 Å². The van der Waals surface area contributed by atoms with E-state index in [1.807, 2.05) is 28.9 Å². The van der Waals surface area contributed by atoms with Crippen molar-refractivity contribution in [3.63, 3.8) is 0 Å². The maximum absolute atomic E-state index is 12.1. The normalized spacial score (nSPS) is 25.0. The van der Waals surface area contributed by atoms with Gasteiger partial charge in [0.05, 0.1) is 23.7 Å². The second-order valence-corrected chi connectivity index (χ2v) is 5.88. The highest BCUT2D eigenvalue weighted by Crippen LogP contribution is 2.38. The topological polar surface area (TPSA) is 47.7 Å². The summed E-state index contributed by atoms with van der Waals surface area (Å²) in [6.07, 6.45) is 0.516. The fraction of sp³-hybridized carbons (Fsp3) is 0.222. The van der Waals surface area contributed by atoms with E-state index in [0.717, 1.165) is 23.3 Å². The predicted octanol–water partition coefficient (Wildman–Crippen LogP) is 1.57. The molecule has 0 spiro atoms. The van der Waals surface area contributed by atoms with Crippen LogP contribution in [0.4, 0.5) is 0 Å². The highest BCUT2D eigenvalue weighted by atomic mass is 16.5. The molecule has 0 aromatic heterocycles. The van der Waals surface area contributed by atoms with Gasteiger partial charge in [0.15, 0.2) is 0 Å². The molecule has 1 fully saturated rings. The van der Waals surface area contributed by atoms with Gasteiger partial charge in [-0.05, 0) is 34.8 Å². The quantitative estimate of drug-likeness (QED) is 0.590. The Bertz CT molecular complexity index is 806. The minimum absolute atomic E-state index is 0.0585. The summed E-state index contributed by atoms with van der Waals surface area (Å²) < 4.78 is 7.60. The Morgan fingerprint density at radius 2 is 1.55 bits per heavy atom. The molecule has 4 nitrogen and oxygen atoms in total. The minimum Gasteiger partial charge on any atom is -0.857 e. The van der Waals surface area contributed by atoms with Crippen molar-refractivity contribution in [2.45, 2.75) is 12.6 Å². The maximum atomic E-state index is 12.1. The Morgan fingerprint density at radius 3 is 2.18 bits per heavy atom. The highest BCUT2D eigenvalue weighted by Gasteiger charge is 2.47. The SMILES string of the molecule is [O-]C1=N[N+](=C2c3ccccc3-c3ccccc32)C2OCC[C@H]12. The molecule has 0 amide bonds. The highest BCUT2D eigenvalue weighted by molar-refractivity contribution is 6.22. The molecular formula is C18H14N2O2. The Labute approximate surface area is 128 Å². The van der Waals surface area contributed by atoms with Crippen LogP contribution in [0, 0.1) is 5.92 Å². The first-order chi connectivity index (χ1) is 10.8. The van der Waals surface area contributed by atoms with E-state index < -0.39 is 0 Å². The zero-order chi connectivity index (χ0) is 14.7. The first-order valence-corrected chi connectivity index (χ1v) is 7.57. The van der Waals surface area contributed by atoms with E-state index in [2.05, 4.69) is 29.4 Å². The molecule has 1 saturated heterocycles. The number of ether oxygens (including phenoxy) is 1. The summed E-state index contributed by atoms with van der Waals surface area (Å²) in [6, 6.07) is 16.5. The van der Waals surface area contributed by atoms with Crippen LogP contribution >= 0.6 is 0 Å². The van der Waals surface area contributed by atoms with Gasteiger partial charge in [0.1, 0.15) is 0 Å². The third kappa shape index (κ3) is 1.45. The van der Waals surface area contributed by atoms with Gasteiger partial charge in [-0.3, -0.25) is 0 Å². The average molecular weight is 290 g/mol. The first-order valence-electron chi connectivity index (χ1n) is 7.57. The van der Waals surface area contributed by atoms with E-state index in [4.69, 9.17) is 4.74 Å². The summed E-state index contributed by atoms with van der Waals surface area (Å²) in [5.41, 5.74) is 5.62. The molecule has 22 heavy (non-hydrogen) atoms. The summed E-state index contributed by atoms with van der Waals surface area (Å²) in [7, 11) is 0. The molecule has 1 aliphatic carbocycles. The second kappa shape index (κ2) is 4.27. The van der Waals surface area contributed by atoms with Gasteiger partial charge in [0.25, 0.3) is 6.23 Å². The maximum Gasteiger partial charge on any atom is 0.296 e. The average Bonchev–Trinajstić information content (AvgIpc) is 3.22. The van der Waals surface area contributed by atoms with Crippen molar-refractivity contribution in [3.05, 3.63) is 59.7 Å². The van der Waals surface area contributed by atoms with Gasteiger partial charge in [0, 0.05) is 5.90 Å². The van der Waals surface area contributed by atoms with Crippen LogP contribution in [0.1, 0.15) is 17.5 Å². The van der Waals surface area contributed by atoms with E-state index in [9.17, 15) is 5.11 Å². The molecule has 0 bridgehead atoms. The number of rotatable bonds is 0. The van der Waals surface area contributed by atoms with Crippen molar-refractivity contribution >= 4 is 11.6 Å². The lowest BCUT2D eigenvalue weighted by Crippen LogP contribution is -2.31. The van der Waals surface area contributed by atoms with Crippen molar-refractivity contribution < 1.29 is 14.5 Å². The zero-order valence-electron chi connectivity index (χ0n) is 11.9.